The zero-order valence-corrected chi connectivity index (χ0v) is 19.0. The lowest BCUT2D eigenvalue weighted by molar-refractivity contribution is -0.137. The van der Waals surface area contributed by atoms with Crippen LogP contribution in [0, 0.1) is 0 Å². The summed E-state index contributed by atoms with van der Waals surface area (Å²) in [5.74, 6) is 0. The lowest BCUT2D eigenvalue weighted by Crippen LogP contribution is -2.45. The zero-order valence-electron chi connectivity index (χ0n) is 18.1. The van der Waals surface area contributed by atoms with Gasteiger partial charge in [0.15, 0.2) is 0 Å². The summed E-state index contributed by atoms with van der Waals surface area (Å²) in [6.07, 6.45) is 1.11. The number of alkyl halides is 3. The van der Waals surface area contributed by atoms with Gasteiger partial charge in [0.2, 0.25) is 10.0 Å². The van der Waals surface area contributed by atoms with E-state index >= 15 is 0 Å². The molecule has 1 aliphatic carbocycles. The van der Waals surface area contributed by atoms with Crippen LogP contribution >= 0.6 is 0 Å². The van der Waals surface area contributed by atoms with Crippen LogP contribution in [0.5, 0.6) is 0 Å². The van der Waals surface area contributed by atoms with Crippen molar-refractivity contribution in [1.29, 1.82) is 0 Å². The Balaban J connectivity index is 1.71. The Labute approximate surface area is 192 Å². The van der Waals surface area contributed by atoms with E-state index in [1.807, 2.05) is 0 Å². The highest BCUT2D eigenvalue weighted by Gasteiger charge is 2.30. The zero-order chi connectivity index (χ0) is 24.1. The van der Waals surface area contributed by atoms with E-state index in [0.717, 1.165) is 49.8 Å². The summed E-state index contributed by atoms with van der Waals surface area (Å²) in [4.78, 5) is 14.6. The molecule has 0 spiro atoms. The van der Waals surface area contributed by atoms with Gasteiger partial charge < -0.3 is 10.2 Å². The van der Waals surface area contributed by atoms with E-state index in [-0.39, 0.29) is 23.5 Å². The number of carbonyl (C=O) groups excluding carboxylic acids is 1. The van der Waals surface area contributed by atoms with Gasteiger partial charge in [0.05, 0.1) is 10.5 Å². The van der Waals surface area contributed by atoms with Gasteiger partial charge in [-0.05, 0) is 54.7 Å². The summed E-state index contributed by atoms with van der Waals surface area (Å²) in [5.41, 5.74) is 0.663. The number of nitrogens with zero attached hydrogens (tertiary/aromatic N) is 1. The molecule has 2 amide bonds. The van der Waals surface area contributed by atoms with Crippen molar-refractivity contribution < 1.29 is 26.4 Å². The van der Waals surface area contributed by atoms with Gasteiger partial charge in [0, 0.05) is 19.1 Å². The standard InChI is InChI=1S/C23H28F3N3O3S/c24-23(25,26)19-10-6-18(7-11-19)16-29(22(30)28-20-4-2-1-3-5-20)15-14-17-8-12-21(13-9-17)33(27,31)32/h6-13,20H,1-5,14-16H2,(H,28,30)(H2,27,31,32). The summed E-state index contributed by atoms with van der Waals surface area (Å²) in [6.45, 7) is 0.472. The van der Waals surface area contributed by atoms with Crippen molar-refractivity contribution >= 4 is 16.1 Å². The highest BCUT2D eigenvalue weighted by Crippen LogP contribution is 2.29. The third-order valence-corrected chi connectivity index (χ3v) is 6.73. The first-order chi connectivity index (χ1) is 15.5. The van der Waals surface area contributed by atoms with Gasteiger partial charge in [-0.3, -0.25) is 0 Å². The molecule has 0 aliphatic heterocycles. The van der Waals surface area contributed by atoms with Gasteiger partial charge in [-0.15, -0.1) is 0 Å². The van der Waals surface area contributed by atoms with Crippen LogP contribution in [-0.4, -0.2) is 31.9 Å². The van der Waals surface area contributed by atoms with Crippen molar-refractivity contribution in [2.45, 2.75) is 62.2 Å². The molecule has 6 nitrogen and oxygen atoms in total. The fraction of sp³-hybridized carbons (Fsp3) is 0.435. The van der Waals surface area contributed by atoms with E-state index in [9.17, 15) is 26.4 Å². The second-order valence-electron chi connectivity index (χ2n) is 8.34. The van der Waals surface area contributed by atoms with Gasteiger partial charge in [0.25, 0.3) is 0 Å². The Morgan fingerprint density at radius 2 is 1.55 bits per heavy atom. The Bertz CT molecular complexity index is 1030. The SMILES string of the molecule is NS(=O)(=O)c1ccc(CCN(Cc2ccc(C(F)(F)F)cc2)C(=O)NC2CCCCC2)cc1. The summed E-state index contributed by atoms with van der Waals surface area (Å²) in [5, 5.41) is 8.17. The summed E-state index contributed by atoms with van der Waals surface area (Å²) in [7, 11) is -3.79. The Kier molecular flexibility index (Phi) is 8.01. The second kappa shape index (κ2) is 10.6. The molecule has 0 saturated heterocycles. The minimum Gasteiger partial charge on any atom is -0.335 e. The molecule has 0 unspecified atom stereocenters. The van der Waals surface area contributed by atoms with Crippen LogP contribution in [0.4, 0.5) is 18.0 Å². The molecule has 2 aromatic rings. The maximum Gasteiger partial charge on any atom is 0.416 e. The molecule has 10 heteroatoms. The number of hydrogen-bond donors (Lipinski definition) is 2. The quantitative estimate of drug-likeness (QED) is 0.610. The fourth-order valence-electron chi connectivity index (χ4n) is 3.89. The number of amides is 2. The van der Waals surface area contributed by atoms with Crippen LogP contribution in [-0.2, 0) is 29.2 Å². The van der Waals surface area contributed by atoms with E-state index in [4.69, 9.17) is 5.14 Å². The largest absolute Gasteiger partial charge is 0.416 e. The van der Waals surface area contributed by atoms with Crippen molar-refractivity contribution in [3.05, 3.63) is 65.2 Å². The monoisotopic (exact) mass is 483 g/mol. The van der Waals surface area contributed by atoms with E-state index in [0.29, 0.717) is 18.5 Å². The molecule has 33 heavy (non-hydrogen) atoms. The maximum absolute atomic E-state index is 13.0. The predicted octanol–water partition coefficient (Wildman–Crippen LogP) is 4.44. The summed E-state index contributed by atoms with van der Waals surface area (Å²) < 4.78 is 61.4. The third kappa shape index (κ3) is 7.46. The predicted molar refractivity (Wildman–Crippen MR) is 119 cm³/mol. The second-order valence-corrected chi connectivity index (χ2v) is 9.90. The van der Waals surface area contributed by atoms with Gasteiger partial charge in [-0.1, -0.05) is 43.5 Å². The molecular weight excluding hydrogens is 455 g/mol. The average molecular weight is 484 g/mol. The van der Waals surface area contributed by atoms with Crippen LogP contribution in [0.3, 0.4) is 0 Å². The summed E-state index contributed by atoms with van der Waals surface area (Å²) >= 11 is 0. The summed E-state index contributed by atoms with van der Waals surface area (Å²) in [6, 6.07) is 10.7. The number of carbonyl (C=O) groups is 1. The highest BCUT2D eigenvalue weighted by molar-refractivity contribution is 7.89. The van der Waals surface area contributed by atoms with Crippen LogP contribution in [0.15, 0.2) is 53.4 Å². The minimum absolute atomic E-state index is 0.00269. The fourth-order valence-corrected chi connectivity index (χ4v) is 4.41. The van der Waals surface area contributed by atoms with E-state index in [1.54, 1.807) is 17.0 Å². The molecule has 1 aliphatic rings. The number of hydrogen-bond acceptors (Lipinski definition) is 3. The molecule has 1 fully saturated rings. The first kappa shape index (κ1) is 25.0. The maximum atomic E-state index is 13.0. The molecule has 1 saturated carbocycles. The third-order valence-electron chi connectivity index (χ3n) is 5.80. The number of halogens is 3. The van der Waals surface area contributed by atoms with Gasteiger partial charge >= 0.3 is 12.2 Å². The van der Waals surface area contributed by atoms with E-state index in [2.05, 4.69) is 5.32 Å². The molecule has 2 aromatic carbocycles. The van der Waals surface area contributed by atoms with Gasteiger partial charge in [0.1, 0.15) is 0 Å². The highest BCUT2D eigenvalue weighted by atomic mass is 32.2. The molecule has 180 valence electrons. The molecule has 3 rings (SSSR count). The Morgan fingerprint density at radius 1 is 0.970 bits per heavy atom. The Hall–Kier alpha value is -2.59. The van der Waals surface area contributed by atoms with Crippen molar-refractivity contribution in [3.8, 4) is 0 Å². The molecule has 0 radical (unpaired) electrons. The normalized spacial score (nSPS) is 15.3. The molecule has 0 atom stereocenters. The topological polar surface area (TPSA) is 92.5 Å². The molecule has 0 bridgehead atoms. The molecule has 0 heterocycles. The first-order valence-corrected chi connectivity index (χ1v) is 12.4. The molecule has 3 N–H and O–H groups in total. The van der Waals surface area contributed by atoms with Gasteiger partial charge in [-0.2, -0.15) is 13.2 Å². The van der Waals surface area contributed by atoms with Crippen molar-refractivity contribution in [3.63, 3.8) is 0 Å². The minimum atomic E-state index is -4.42. The number of urea groups is 1. The van der Waals surface area contributed by atoms with Crippen LogP contribution < -0.4 is 10.5 Å². The Morgan fingerprint density at radius 3 is 2.09 bits per heavy atom. The lowest BCUT2D eigenvalue weighted by atomic mass is 9.96. The van der Waals surface area contributed by atoms with Gasteiger partial charge in [-0.25, -0.2) is 18.4 Å². The van der Waals surface area contributed by atoms with Crippen LogP contribution in [0.25, 0.3) is 0 Å². The van der Waals surface area contributed by atoms with Crippen LogP contribution in [0.2, 0.25) is 0 Å². The van der Waals surface area contributed by atoms with Crippen LogP contribution in [0.1, 0.15) is 48.8 Å². The average Bonchev–Trinajstić information content (AvgIpc) is 2.76. The van der Waals surface area contributed by atoms with E-state index in [1.165, 1.54) is 24.3 Å². The lowest BCUT2D eigenvalue weighted by Gasteiger charge is -2.28. The number of sulfonamides is 1. The van der Waals surface area contributed by atoms with Crippen molar-refractivity contribution in [1.82, 2.24) is 10.2 Å². The first-order valence-electron chi connectivity index (χ1n) is 10.9. The number of nitrogens with two attached hydrogens (primary N) is 1. The molecular formula is C23H28F3N3O3S. The van der Waals surface area contributed by atoms with Crippen molar-refractivity contribution in [2.24, 2.45) is 5.14 Å². The smallest absolute Gasteiger partial charge is 0.335 e. The number of primary sulfonamides is 1. The number of nitrogens with one attached hydrogen (secondary N) is 1. The molecule has 0 aromatic heterocycles. The van der Waals surface area contributed by atoms with Crippen molar-refractivity contribution in [2.75, 3.05) is 6.54 Å². The number of benzene rings is 2. The number of rotatable bonds is 7. The van der Waals surface area contributed by atoms with E-state index < -0.39 is 21.8 Å².